The van der Waals surface area contributed by atoms with Crippen molar-refractivity contribution in [3.05, 3.63) is 89.6 Å². The summed E-state index contributed by atoms with van der Waals surface area (Å²) in [6, 6.07) is 24.0. The Balaban J connectivity index is 1.41. The number of pyridine rings is 1. The van der Waals surface area contributed by atoms with E-state index in [1.807, 2.05) is 59.5 Å². The molecular formula is C32H29FN4O3S. The first-order valence-electron chi connectivity index (χ1n) is 13.3. The minimum absolute atomic E-state index is 0.117. The SMILES string of the molecule is COc1cccc(-c2cc(-c3ccccc3)nc3sc(C(=O)N4CCN(c5ccc(F)cc5)CC4)c(N)c23)c1OC. The molecule has 1 aliphatic rings. The summed E-state index contributed by atoms with van der Waals surface area (Å²) in [5.41, 5.74) is 11.5. The molecule has 2 aromatic heterocycles. The molecule has 9 heteroatoms. The van der Waals surface area contributed by atoms with Crippen LogP contribution in [0.1, 0.15) is 9.67 Å². The zero-order valence-electron chi connectivity index (χ0n) is 22.8. The van der Waals surface area contributed by atoms with Crippen molar-refractivity contribution in [2.24, 2.45) is 0 Å². The number of ether oxygens (including phenoxy) is 2. The Labute approximate surface area is 241 Å². The lowest BCUT2D eigenvalue weighted by Gasteiger charge is -2.36. The highest BCUT2D eigenvalue weighted by atomic mass is 32.1. The lowest BCUT2D eigenvalue weighted by atomic mass is 9.98. The van der Waals surface area contributed by atoms with Crippen LogP contribution < -0.4 is 20.1 Å². The molecule has 1 saturated heterocycles. The molecule has 5 aromatic rings. The van der Waals surface area contributed by atoms with E-state index in [4.69, 9.17) is 20.2 Å². The molecule has 3 heterocycles. The molecule has 7 nitrogen and oxygen atoms in total. The minimum atomic E-state index is -0.266. The number of nitrogen functional groups attached to an aromatic ring is 1. The van der Waals surface area contributed by atoms with Gasteiger partial charge in [0.2, 0.25) is 0 Å². The Hall–Kier alpha value is -4.63. The summed E-state index contributed by atoms with van der Waals surface area (Å²) in [5.74, 6) is 0.795. The molecule has 1 fully saturated rings. The van der Waals surface area contributed by atoms with Gasteiger partial charge in [-0.2, -0.15) is 0 Å². The highest BCUT2D eigenvalue weighted by Crippen LogP contribution is 2.46. The Morgan fingerprint density at radius 3 is 2.32 bits per heavy atom. The number of halogens is 1. The number of benzene rings is 3. The standard InChI is InChI=1S/C32H29FN4O3S/c1-39-26-10-6-9-23(29(26)40-2)24-19-25(20-7-4-3-5-8-20)35-31-27(24)28(34)30(41-31)32(38)37-17-15-36(16-18-37)22-13-11-21(33)12-14-22/h3-14,19H,15-18,34H2,1-2H3. The average molecular weight is 569 g/mol. The Kier molecular flexibility index (Phi) is 7.19. The van der Waals surface area contributed by atoms with Gasteiger partial charge in [0.1, 0.15) is 15.5 Å². The van der Waals surface area contributed by atoms with Crippen LogP contribution in [0.5, 0.6) is 11.5 Å². The highest BCUT2D eigenvalue weighted by Gasteiger charge is 2.28. The molecule has 0 aliphatic carbocycles. The molecule has 0 saturated carbocycles. The largest absolute Gasteiger partial charge is 0.493 e. The second-order valence-electron chi connectivity index (χ2n) is 9.74. The quantitative estimate of drug-likeness (QED) is 0.258. The number of carbonyl (C=O) groups is 1. The van der Waals surface area contributed by atoms with E-state index >= 15 is 0 Å². The van der Waals surface area contributed by atoms with E-state index in [0.717, 1.165) is 33.5 Å². The zero-order chi connectivity index (χ0) is 28.5. The van der Waals surface area contributed by atoms with E-state index in [9.17, 15) is 9.18 Å². The smallest absolute Gasteiger partial charge is 0.266 e. The van der Waals surface area contributed by atoms with Crippen LogP contribution in [0.15, 0.2) is 78.9 Å². The van der Waals surface area contributed by atoms with Crippen molar-refractivity contribution in [1.29, 1.82) is 0 Å². The van der Waals surface area contributed by atoms with Gasteiger partial charge in [0.05, 0.1) is 25.6 Å². The number of nitrogens with two attached hydrogens (primary N) is 1. The maximum absolute atomic E-state index is 13.8. The monoisotopic (exact) mass is 568 g/mol. The number of carbonyl (C=O) groups excluding carboxylic acids is 1. The maximum atomic E-state index is 13.8. The molecule has 1 aliphatic heterocycles. The summed E-state index contributed by atoms with van der Waals surface area (Å²) < 4.78 is 24.7. The van der Waals surface area contributed by atoms with Crippen molar-refractivity contribution in [3.8, 4) is 33.9 Å². The number of hydrogen-bond donors (Lipinski definition) is 1. The predicted molar refractivity (Wildman–Crippen MR) is 163 cm³/mol. The first kappa shape index (κ1) is 26.6. The summed E-state index contributed by atoms with van der Waals surface area (Å²) in [7, 11) is 3.21. The van der Waals surface area contributed by atoms with E-state index in [0.29, 0.717) is 53.1 Å². The van der Waals surface area contributed by atoms with Gasteiger partial charge in [-0.1, -0.05) is 42.5 Å². The number of methoxy groups -OCH3 is 2. The summed E-state index contributed by atoms with van der Waals surface area (Å²) in [5, 5.41) is 0.717. The van der Waals surface area contributed by atoms with E-state index in [2.05, 4.69) is 4.90 Å². The number of aromatic nitrogens is 1. The lowest BCUT2D eigenvalue weighted by molar-refractivity contribution is 0.0752. The van der Waals surface area contributed by atoms with Crippen molar-refractivity contribution in [3.63, 3.8) is 0 Å². The first-order chi connectivity index (χ1) is 20.0. The number of piperazine rings is 1. The first-order valence-corrected chi connectivity index (χ1v) is 14.1. The third-order valence-electron chi connectivity index (χ3n) is 7.41. The predicted octanol–water partition coefficient (Wildman–Crippen LogP) is 6.33. The molecule has 0 unspecified atom stereocenters. The van der Waals surface area contributed by atoms with Crippen LogP contribution in [0.2, 0.25) is 0 Å². The number of rotatable bonds is 6. The summed E-state index contributed by atoms with van der Waals surface area (Å²) in [6.45, 7) is 2.35. The fourth-order valence-corrected chi connectivity index (χ4v) is 6.40. The number of anilines is 2. The molecule has 1 amide bonds. The minimum Gasteiger partial charge on any atom is -0.493 e. The summed E-state index contributed by atoms with van der Waals surface area (Å²) in [6.07, 6.45) is 0. The van der Waals surface area contributed by atoms with Crippen molar-refractivity contribution >= 4 is 38.8 Å². The van der Waals surface area contributed by atoms with E-state index in [1.54, 1.807) is 26.4 Å². The van der Waals surface area contributed by atoms with Gasteiger partial charge >= 0.3 is 0 Å². The zero-order valence-corrected chi connectivity index (χ0v) is 23.6. The number of thiophene rings is 1. The molecule has 208 valence electrons. The molecule has 0 spiro atoms. The van der Waals surface area contributed by atoms with Gasteiger partial charge in [-0.3, -0.25) is 4.79 Å². The van der Waals surface area contributed by atoms with Gasteiger partial charge in [-0.15, -0.1) is 11.3 Å². The van der Waals surface area contributed by atoms with Crippen LogP contribution in [0.3, 0.4) is 0 Å². The second kappa shape index (κ2) is 11.1. The fraction of sp³-hybridized carbons (Fsp3) is 0.188. The molecular weight excluding hydrogens is 539 g/mol. The number of fused-ring (bicyclic) bond motifs is 1. The molecule has 0 atom stereocenters. The highest BCUT2D eigenvalue weighted by molar-refractivity contribution is 7.21. The summed E-state index contributed by atoms with van der Waals surface area (Å²) >= 11 is 1.31. The van der Waals surface area contributed by atoms with Crippen molar-refractivity contribution < 1.29 is 18.7 Å². The van der Waals surface area contributed by atoms with Crippen LogP contribution >= 0.6 is 11.3 Å². The van der Waals surface area contributed by atoms with Gasteiger partial charge in [0.25, 0.3) is 5.91 Å². The fourth-order valence-electron chi connectivity index (χ4n) is 5.31. The van der Waals surface area contributed by atoms with Crippen LogP contribution in [0.4, 0.5) is 15.8 Å². The molecule has 3 aromatic carbocycles. The Morgan fingerprint density at radius 2 is 1.63 bits per heavy atom. The Morgan fingerprint density at radius 1 is 0.902 bits per heavy atom. The van der Waals surface area contributed by atoms with Gasteiger partial charge in [0.15, 0.2) is 11.5 Å². The van der Waals surface area contributed by atoms with Crippen LogP contribution in [-0.2, 0) is 0 Å². The van der Waals surface area contributed by atoms with E-state index in [-0.39, 0.29) is 11.7 Å². The normalized spacial score (nSPS) is 13.4. The molecule has 0 bridgehead atoms. The summed E-state index contributed by atoms with van der Waals surface area (Å²) in [4.78, 5) is 23.9. The molecule has 2 N–H and O–H groups in total. The average Bonchev–Trinajstić information content (AvgIpc) is 3.36. The van der Waals surface area contributed by atoms with Crippen LogP contribution in [0.25, 0.3) is 32.6 Å². The van der Waals surface area contributed by atoms with Crippen molar-refractivity contribution in [2.75, 3.05) is 51.0 Å². The van der Waals surface area contributed by atoms with Crippen molar-refractivity contribution in [2.45, 2.75) is 0 Å². The lowest BCUT2D eigenvalue weighted by Crippen LogP contribution is -2.48. The number of hydrogen-bond acceptors (Lipinski definition) is 7. The Bertz CT molecular complexity index is 1720. The van der Waals surface area contributed by atoms with Crippen LogP contribution in [-0.4, -0.2) is 56.2 Å². The van der Waals surface area contributed by atoms with Gasteiger partial charge in [-0.05, 0) is 36.4 Å². The molecule has 0 radical (unpaired) electrons. The second-order valence-corrected chi connectivity index (χ2v) is 10.7. The number of nitrogens with zero attached hydrogens (tertiary/aromatic N) is 3. The molecule has 6 rings (SSSR count). The van der Waals surface area contributed by atoms with Gasteiger partial charge < -0.3 is 25.0 Å². The molecule has 41 heavy (non-hydrogen) atoms. The van der Waals surface area contributed by atoms with E-state index < -0.39 is 0 Å². The third kappa shape index (κ3) is 4.93. The number of para-hydroxylation sites is 1. The van der Waals surface area contributed by atoms with Gasteiger partial charge in [0, 0.05) is 53.9 Å². The van der Waals surface area contributed by atoms with E-state index in [1.165, 1.54) is 23.5 Å². The van der Waals surface area contributed by atoms with Crippen LogP contribution in [0, 0.1) is 5.82 Å². The maximum Gasteiger partial charge on any atom is 0.266 e. The number of amides is 1. The van der Waals surface area contributed by atoms with Crippen molar-refractivity contribution in [1.82, 2.24) is 9.88 Å². The van der Waals surface area contributed by atoms with Gasteiger partial charge in [-0.25, -0.2) is 9.37 Å². The topological polar surface area (TPSA) is 80.9 Å². The third-order valence-corrected chi connectivity index (χ3v) is 8.50.